The van der Waals surface area contributed by atoms with Gasteiger partial charge in [0.1, 0.15) is 0 Å². The molecule has 0 aromatic carbocycles. The van der Waals surface area contributed by atoms with Gasteiger partial charge < -0.3 is 13.8 Å². The van der Waals surface area contributed by atoms with Gasteiger partial charge in [-0.1, -0.05) is 19.0 Å². The van der Waals surface area contributed by atoms with Gasteiger partial charge in [0.15, 0.2) is 5.76 Å². The predicted molar refractivity (Wildman–Crippen MR) is 85.7 cm³/mol. The van der Waals surface area contributed by atoms with Crippen LogP contribution < -0.4 is 0 Å². The Bertz CT molecular complexity index is 609. The zero-order valence-corrected chi connectivity index (χ0v) is 14.4. The summed E-state index contributed by atoms with van der Waals surface area (Å²) in [4.78, 5) is 8.04. The van der Waals surface area contributed by atoms with Gasteiger partial charge in [0, 0.05) is 19.6 Å². The molecule has 0 amide bonds. The molecule has 0 aliphatic heterocycles. The third kappa shape index (κ3) is 6.50. The summed E-state index contributed by atoms with van der Waals surface area (Å²) < 4.78 is 48.1. The molecule has 140 valence electrons. The molecule has 0 aliphatic rings. The molecular formula is C16H23F3N4O2. The lowest BCUT2D eigenvalue weighted by molar-refractivity contribution is -0.138. The van der Waals surface area contributed by atoms with Gasteiger partial charge in [-0.15, -0.1) is 0 Å². The maximum atomic E-state index is 12.6. The highest BCUT2D eigenvalue weighted by Gasteiger charge is 2.28. The van der Waals surface area contributed by atoms with Crippen molar-refractivity contribution in [1.29, 1.82) is 0 Å². The molecule has 0 aliphatic carbocycles. The van der Waals surface area contributed by atoms with Gasteiger partial charge in [-0.05, 0) is 25.2 Å². The van der Waals surface area contributed by atoms with Gasteiger partial charge in [-0.25, -0.2) is 0 Å². The summed E-state index contributed by atoms with van der Waals surface area (Å²) in [6, 6.07) is 3.39. The average molecular weight is 360 g/mol. The van der Waals surface area contributed by atoms with Crippen molar-refractivity contribution < 1.29 is 22.1 Å². The highest BCUT2D eigenvalue weighted by Crippen LogP contribution is 2.21. The second-order valence-electron chi connectivity index (χ2n) is 5.66. The van der Waals surface area contributed by atoms with E-state index in [1.165, 1.54) is 6.26 Å². The summed E-state index contributed by atoms with van der Waals surface area (Å²) in [5, 5.41) is 3.81. The third-order valence-corrected chi connectivity index (χ3v) is 3.91. The van der Waals surface area contributed by atoms with Crippen molar-refractivity contribution in [3.8, 4) is 11.6 Å². The van der Waals surface area contributed by atoms with Crippen LogP contribution in [0.15, 0.2) is 27.3 Å². The number of nitrogens with zero attached hydrogens (tertiary/aromatic N) is 4. The van der Waals surface area contributed by atoms with Crippen LogP contribution in [0.5, 0.6) is 0 Å². The van der Waals surface area contributed by atoms with Gasteiger partial charge in [0.05, 0.1) is 19.2 Å². The van der Waals surface area contributed by atoms with Gasteiger partial charge in [-0.3, -0.25) is 4.90 Å². The lowest BCUT2D eigenvalue weighted by Crippen LogP contribution is -2.36. The summed E-state index contributed by atoms with van der Waals surface area (Å²) >= 11 is 0. The number of alkyl halides is 3. The molecule has 0 saturated carbocycles. The molecule has 2 rings (SSSR count). The van der Waals surface area contributed by atoms with Crippen LogP contribution in [0.3, 0.4) is 0 Å². The lowest BCUT2D eigenvalue weighted by Gasteiger charge is -2.25. The van der Waals surface area contributed by atoms with E-state index in [1.54, 1.807) is 17.0 Å². The molecule has 0 spiro atoms. The predicted octanol–water partition coefficient (Wildman–Crippen LogP) is 3.43. The number of hydrogen-bond acceptors (Lipinski definition) is 6. The molecule has 0 atom stereocenters. The molecule has 2 heterocycles. The molecule has 0 unspecified atom stereocenters. The van der Waals surface area contributed by atoms with E-state index in [0.29, 0.717) is 24.7 Å². The largest absolute Gasteiger partial charge is 0.461 e. The van der Waals surface area contributed by atoms with Crippen LogP contribution in [0.2, 0.25) is 0 Å². The molecule has 0 bridgehead atoms. The fraction of sp³-hybridized carbons (Fsp3) is 0.625. The Hall–Kier alpha value is -1.87. The standard InChI is InChI=1S/C16H23F3N4O2/c1-3-22(4-2)9-10-23(8-7-16(17,18)19)12-14-20-15(21-25-14)13-6-5-11-24-13/h5-6,11H,3-4,7-10,12H2,1-2H3. The summed E-state index contributed by atoms with van der Waals surface area (Å²) in [7, 11) is 0. The van der Waals surface area contributed by atoms with Gasteiger partial charge in [0.2, 0.25) is 11.7 Å². The van der Waals surface area contributed by atoms with Crippen molar-refractivity contribution in [2.75, 3.05) is 32.7 Å². The first kappa shape index (κ1) is 19.5. The Morgan fingerprint density at radius 1 is 1.08 bits per heavy atom. The topological polar surface area (TPSA) is 58.5 Å². The fourth-order valence-corrected chi connectivity index (χ4v) is 2.39. The second kappa shape index (κ2) is 9.00. The number of rotatable bonds is 10. The Kier molecular flexibility index (Phi) is 7.01. The van der Waals surface area contributed by atoms with Crippen LogP contribution in [0, 0.1) is 0 Å². The van der Waals surface area contributed by atoms with E-state index in [2.05, 4.69) is 15.0 Å². The van der Waals surface area contributed by atoms with Crippen molar-refractivity contribution in [1.82, 2.24) is 19.9 Å². The highest BCUT2D eigenvalue weighted by molar-refractivity contribution is 5.44. The van der Waals surface area contributed by atoms with E-state index in [1.807, 2.05) is 13.8 Å². The van der Waals surface area contributed by atoms with Crippen molar-refractivity contribution in [2.45, 2.75) is 33.0 Å². The summed E-state index contributed by atoms with van der Waals surface area (Å²) in [6.07, 6.45) is -3.57. The molecular weight excluding hydrogens is 337 g/mol. The lowest BCUT2D eigenvalue weighted by atomic mass is 10.3. The summed E-state index contributed by atoms with van der Waals surface area (Å²) in [5.41, 5.74) is 0. The minimum atomic E-state index is -4.19. The highest BCUT2D eigenvalue weighted by atomic mass is 19.4. The van der Waals surface area contributed by atoms with Gasteiger partial charge in [-0.2, -0.15) is 18.2 Å². The first-order valence-corrected chi connectivity index (χ1v) is 8.29. The van der Waals surface area contributed by atoms with E-state index in [4.69, 9.17) is 8.94 Å². The van der Waals surface area contributed by atoms with E-state index in [9.17, 15) is 13.2 Å². The molecule has 0 N–H and O–H groups in total. The van der Waals surface area contributed by atoms with Gasteiger partial charge >= 0.3 is 6.18 Å². The zero-order valence-electron chi connectivity index (χ0n) is 14.4. The minimum absolute atomic E-state index is 0.108. The van der Waals surface area contributed by atoms with E-state index >= 15 is 0 Å². The smallest absolute Gasteiger partial charge is 0.390 e. The van der Waals surface area contributed by atoms with Crippen LogP contribution in [-0.4, -0.2) is 58.8 Å². The van der Waals surface area contributed by atoms with Crippen molar-refractivity contribution in [3.63, 3.8) is 0 Å². The zero-order chi connectivity index (χ0) is 18.3. The maximum Gasteiger partial charge on any atom is 0.390 e. The van der Waals surface area contributed by atoms with Crippen LogP contribution in [0.1, 0.15) is 26.2 Å². The van der Waals surface area contributed by atoms with E-state index in [0.717, 1.165) is 13.1 Å². The number of halogens is 3. The Morgan fingerprint density at radius 2 is 1.80 bits per heavy atom. The molecule has 2 aromatic heterocycles. The van der Waals surface area contributed by atoms with Crippen molar-refractivity contribution >= 4 is 0 Å². The quantitative estimate of drug-likeness (QED) is 0.647. The molecule has 6 nitrogen and oxygen atoms in total. The van der Waals surface area contributed by atoms with Crippen LogP contribution >= 0.6 is 0 Å². The normalized spacial score (nSPS) is 12.4. The van der Waals surface area contributed by atoms with Crippen LogP contribution in [0.25, 0.3) is 11.6 Å². The molecule has 25 heavy (non-hydrogen) atoms. The Labute approximate surface area is 144 Å². The number of furan rings is 1. The number of likely N-dealkylation sites (N-methyl/N-ethyl adjacent to an activating group) is 1. The molecule has 9 heteroatoms. The van der Waals surface area contributed by atoms with Crippen molar-refractivity contribution in [2.24, 2.45) is 0 Å². The van der Waals surface area contributed by atoms with E-state index < -0.39 is 12.6 Å². The third-order valence-electron chi connectivity index (χ3n) is 3.91. The molecule has 2 aromatic rings. The van der Waals surface area contributed by atoms with Gasteiger partial charge in [0.25, 0.3) is 0 Å². The first-order valence-electron chi connectivity index (χ1n) is 8.29. The van der Waals surface area contributed by atoms with Crippen LogP contribution in [0.4, 0.5) is 13.2 Å². The summed E-state index contributed by atoms with van der Waals surface area (Å²) in [5.74, 6) is 1.02. The SMILES string of the molecule is CCN(CC)CCN(CCC(F)(F)F)Cc1nc(-c2ccco2)no1. The fourth-order valence-electron chi connectivity index (χ4n) is 2.39. The van der Waals surface area contributed by atoms with Crippen molar-refractivity contribution in [3.05, 3.63) is 24.3 Å². The molecule has 0 saturated heterocycles. The average Bonchev–Trinajstić information content (AvgIpc) is 3.23. The maximum absolute atomic E-state index is 12.6. The number of hydrogen-bond donors (Lipinski definition) is 0. The van der Waals surface area contributed by atoms with E-state index in [-0.39, 0.29) is 19.0 Å². The monoisotopic (exact) mass is 360 g/mol. The molecule has 0 fully saturated rings. The minimum Gasteiger partial charge on any atom is -0.461 e. The molecule has 0 radical (unpaired) electrons. The summed E-state index contributed by atoms with van der Waals surface area (Å²) in [6.45, 7) is 7.00. The Balaban J connectivity index is 1.98. The number of aromatic nitrogens is 2. The first-order chi connectivity index (χ1) is 11.9. The second-order valence-corrected chi connectivity index (χ2v) is 5.66. The van der Waals surface area contributed by atoms with Crippen LogP contribution in [-0.2, 0) is 6.54 Å². The Morgan fingerprint density at radius 3 is 2.40 bits per heavy atom.